The third-order valence-electron chi connectivity index (χ3n) is 1.55. The third-order valence-corrected chi connectivity index (χ3v) is 3.28. The molecule has 6 nitrogen and oxygen atoms in total. The summed E-state index contributed by atoms with van der Waals surface area (Å²) in [5.41, 5.74) is 0. The van der Waals surface area contributed by atoms with Crippen LogP contribution in [-0.4, -0.2) is 43.4 Å². The molecule has 0 saturated carbocycles. The lowest BCUT2D eigenvalue weighted by Gasteiger charge is -2.17. The van der Waals surface area contributed by atoms with E-state index in [1.807, 2.05) is 4.72 Å². The topological polar surface area (TPSA) is 86.7 Å². The normalized spacial score (nSPS) is 14.5. The highest BCUT2D eigenvalue weighted by atomic mass is 32.2. The maximum atomic E-state index is 11.2. The molecular formula is C6H14N2O4S. The van der Waals surface area contributed by atoms with Crippen molar-refractivity contribution in [1.82, 2.24) is 9.03 Å². The van der Waals surface area contributed by atoms with E-state index < -0.39 is 22.2 Å². The first-order chi connectivity index (χ1) is 5.81. The Labute approximate surface area is 77.7 Å². The number of aliphatic carboxylic acids is 1. The van der Waals surface area contributed by atoms with Gasteiger partial charge in [-0.3, -0.25) is 4.79 Å². The molecule has 13 heavy (non-hydrogen) atoms. The van der Waals surface area contributed by atoms with Gasteiger partial charge >= 0.3 is 5.97 Å². The first kappa shape index (κ1) is 12.3. The van der Waals surface area contributed by atoms with Crippen molar-refractivity contribution in [2.75, 3.05) is 13.6 Å². The summed E-state index contributed by atoms with van der Waals surface area (Å²) in [6.07, 6.45) is 0. The van der Waals surface area contributed by atoms with Gasteiger partial charge in [0, 0.05) is 13.6 Å². The molecule has 0 aromatic heterocycles. The summed E-state index contributed by atoms with van der Waals surface area (Å²) >= 11 is 0. The van der Waals surface area contributed by atoms with E-state index in [1.165, 1.54) is 14.0 Å². The molecule has 0 amide bonds. The smallest absolute Gasteiger partial charge is 0.321 e. The maximum Gasteiger partial charge on any atom is 0.321 e. The van der Waals surface area contributed by atoms with Gasteiger partial charge in [-0.15, -0.1) is 0 Å². The Hall–Kier alpha value is -0.660. The van der Waals surface area contributed by atoms with Gasteiger partial charge in [-0.25, -0.2) is 0 Å². The number of carboxylic acid groups (broad SMARTS) is 1. The lowest BCUT2D eigenvalue weighted by molar-refractivity contribution is -0.138. The van der Waals surface area contributed by atoms with E-state index in [1.54, 1.807) is 6.92 Å². The van der Waals surface area contributed by atoms with Crippen LogP contribution < -0.4 is 4.72 Å². The van der Waals surface area contributed by atoms with Gasteiger partial charge in [0.05, 0.1) is 0 Å². The number of hydrogen-bond donors (Lipinski definition) is 2. The molecule has 0 aliphatic rings. The van der Waals surface area contributed by atoms with Gasteiger partial charge in [0.1, 0.15) is 6.04 Å². The molecule has 0 heterocycles. The highest BCUT2D eigenvalue weighted by molar-refractivity contribution is 7.87. The van der Waals surface area contributed by atoms with Crippen molar-refractivity contribution >= 4 is 16.2 Å². The molecule has 7 heteroatoms. The van der Waals surface area contributed by atoms with Crippen molar-refractivity contribution in [1.29, 1.82) is 0 Å². The Morgan fingerprint density at radius 3 is 2.38 bits per heavy atom. The zero-order chi connectivity index (χ0) is 10.6. The van der Waals surface area contributed by atoms with Crippen molar-refractivity contribution in [2.45, 2.75) is 19.9 Å². The van der Waals surface area contributed by atoms with Crippen LogP contribution in [0.3, 0.4) is 0 Å². The lowest BCUT2D eigenvalue weighted by atomic mass is 10.4. The average molecular weight is 210 g/mol. The molecule has 0 fully saturated rings. The molecule has 0 rings (SSSR count). The number of carbonyl (C=O) groups is 1. The van der Waals surface area contributed by atoms with E-state index in [-0.39, 0.29) is 0 Å². The largest absolute Gasteiger partial charge is 0.480 e. The zero-order valence-corrected chi connectivity index (χ0v) is 8.63. The summed E-state index contributed by atoms with van der Waals surface area (Å²) in [5.74, 6) is -1.20. The molecule has 1 unspecified atom stereocenters. The van der Waals surface area contributed by atoms with Gasteiger partial charge in [0.25, 0.3) is 10.2 Å². The third kappa shape index (κ3) is 3.71. The van der Waals surface area contributed by atoms with E-state index in [2.05, 4.69) is 0 Å². The zero-order valence-electron chi connectivity index (χ0n) is 7.81. The number of nitrogens with zero attached hydrogens (tertiary/aromatic N) is 1. The fourth-order valence-corrected chi connectivity index (χ4v) is 1.60. The molecule has 0 aliphatic carbocycles. The molecule has 0 saturated heterocycles. The van der Waals surface area contributed by atoms with Gasteiger partial charge in [0.2, 0.25) is 0 Å². The second kappa shape index (κ2) is 4.54. The molecule has 0 aliphatic heterocycles. The SMILES string of the molecule is CCN(C)S(=O)(=O)NC(C)C(=O)O. The fourth-order valence-electron chi connectivity index (χ4n) is 0.534. The molecule has 0 bridgehead atoms. The maximum absolute atomic E-state index is 11.2. The second-order valence-corrected chi connectivity index (χ2v) is 4.41. The van der Waals surface area contributed by atoms with Gasteiger partial charge < -0.3 is 5.11 Å². The van der Waals surface area contributed by atoms with Crippen LogP contribution >= 0.6 is 0 Å². The Morgan fingerprint density at radius 2 is 2.08 bits per heavy atom. The van der Waals surface area contributed by atoms with E-state index in [0.29, 0.717) is 6.54 Å². The van der Waals surface area contributed by atoms with Crippen LogP contribution in [0.25, 0.3) is 0 Å². The van der Waals surface area contributed by atoms with Gasteiger partial charge in [0.15, 0.2) is 0 Å². The van der Waals surface area contributed by atoms with E-state index in [9.17, 15) is 13.2 Å². The Morgan fingerprint density at radius 1 is 1.62 bits per heavy atom. The highest BCUT2D eigenvalue weighted by Crippen LogP contribution is 1.94. The molecule has 0 spiro atoms. The van der Waals surface area contributed by atoms with E-state index in [0.717, 1.165) is 4.31 Å². The average Bonchev–Trinajstić information content (AvgIpc) is 2.01. The number of hydrogen-bond acceptors (Lipinski definition) is 3. The van der Waals surface area contributed by atoms with Gasteiger partial charge in [-0.05, 0) is 6.92 Å². The highest BCUT2D eigenvalue weighted by Gasteiger charge is 2.22. The van der Waals surface area contributed by atoms with Crippen LogP contribution in [0.5, 0.6) is 0 Å². The lowest BCUT2D eigenvalue weighted by Crippen LogP contribution is -2.45. The molecule has 78 valence electrons. The second-order valence-electron chi connectivity index (χ2n) is 2.60. The molecule has 0 aromatic rings. The monoisotopic (exact) mass is 210 g/mol. The minimum absolute atomic E-state index is 0.293. The standard InChI is InChI=1S/C6H14N2O4S/c1-4-8(3)13(11,12)7-5(2)6(9)10/h5,7H,4H2,1-3H3,(H,9,10). The first-order valence-corrected chi connectivity index (χ1v) is 5.21. The summed E-state index contributed by atoms with van der Waals surface area (Å²) in [5, 5.41) is 8.45. The Bertz CT molecular complexity index is 274. The summed E-state index contributed by atoms with van der Waals surface area (Å²) in [4.78, 5) is 10.3. The predicted molar refractivity (Wildman–Crippen MR) is 47.5 cm³/mol. The summed E-state index contributed by atoms with van der Waals surface area (Å²) < 4.78 is 25.5. The summed E-state index contributed by atoms with van der Waals surface area (Å²) in [6, 6.07) is -1.11. The van der Waals surface area contributed by atoms with Crippen LogP contribution in [0.15, 0.2) is 0 Å². The van der Waals surface area contributed by atoms with Crippen molar-refractivity contribution in [3.05, 3.63) is 0 Å². The van der Waals surface area contributed by atoms with Crippen molar-refractivity contribution in [3.63, 3.8) is 0 Å². The van der Waals surface area contributed by atoms with E-state index in [4.69, 9.17) is 5.11 Å². The minimum Gasteiger partial charge on any atom is -0.480 e. The first-order valence-electron chi connectivity index (χ1n) is 3.77. The van der Waals surface area contributed by atoms with Crippen molar-refractivity contribution < 1.29 is 18.3 Å². The molecule has 1 atom stereocenters. The summed E-state index contributed by atoms with van der Waals surface area (Å²) in [6.45, 7) is 3.22. The van der Waals surface area contributed by atoms with Crippen LogP contribution in [0.1, 0.15) is 13.8 Å². The van der Waals surface area contributed by atoms with Crippen LogP contribution in [0, 0.1) is 0 Å². The van der Waals surface area contributed by atoms with Gasteiger partial charge in [-0.1, -0.05) is 6.92 Å². The predicted octanol–water partition coefficient (Wildman–Crippen LogP) is -0.754. The minimum atomic E-state index is -3.65. The fraction of sp³-hybridized carbons (Fsp3) is 0.833. The molecule has 0 aromatic carbocycles. The number of rotatable bonds is 5. The molecular weight excluding hydrogens is 196 g/mol. The molecule has 0 radical (unpaired) electrons. The van der Waals surface area contributed by atoms with Crippen molar-refractivity contribution in [3.8, 4) is 0 Å². The van der Waals surface area contributed by atoms with Gasteiger partial charge in [-0.2, -0.15) is 17.4 Å². The quantitative estimate of drug-likeness (QED) is 0.625. The molecule has 2 N–H and O–H groups in total. The van der Waals surface area contributed by atoms with E-state index >= 15 is 0 Å². The van der Waals surface area contributed by atoms with Crippen LogP contribution in [0.2, 0.25) is 0 Å². The Kier molecular flexibility index (Phi) is 4.31. The van der Waals surface area contributed by atoms with Crippen LogP contribution in [-0.2, 0) is 15.0 Å². The Balaban J connectivity index is 4.43. The van der Waals surface area contributed by atoms with Crippen molar-refractivity contribution in [2.24, 2.45) is 0 Å². The summed E-state index contributed by atoms with van der Waals surface area (Å²) in [7, 11) is -2.28. The number of carboxylic acids is 1. The van der Waals surface area contributed by atoms with Crippen LogP contribution in [0.4, 0.5) is 0 Å². The number of nitrogens with one attached hydrogen (secondary N) is 1.